The number of hydrogen-bond donors (Lipinski definition) is 3. The number of carbonyl (C=O) groups excluding carboxylic acids is 2. The van der Waals surface area contributed by atoms with Gasteiger partial charge in [0.05, 0.1) is 12.2 Å². The van der Waals surface area contributed by atoms with E-state index in [0.717, 1.165) is 15.6 Å². The lowest BCUT2D eigenvalue weighted by Gasteiger charge is -2.15. The van der Waals surface area contributed by atoms with Gasteiger partial charge in [-0.05, 0) is 48.0 Å². The molecule has 0 aliphatic heterocycles. The smallest absolute Gasteiger partial charge is 0.276 e. The topological polar surface area (TPSA) is 88.7 Å². The lowest BCUT2D eigenvalue weighted by Crippen LogP contribution is -2.49. The molecular formula is C26H26BrN3O4S. The Hall–Kier alpha value is -3.43. The first-order valence-corrected chi connectivity index (χ1v) is 12.1. The minimum Gasteiger partial charge on any atom is -0.492 e. The molecule has 0 spiro atoms. The maximum absolute atomic E-state index is 12.7. The van der Waals surface area contributed by atoms with Crippen molar-refractivity contribution in [3.8, 4) is 22.6 Å². The van der Waals surface area contributed by atoms with Gasteiger partial charge in [-0.15, -0.1) is 0 Å². The summed E-state index contributed by atoms with van der Waals surface area (Å²) in [5.74, 6) is 0.386. The third-order valence-electron chi connectivity index (χ3n) is 4.63. The van der Waals surface area contributed by atoms with Crippen molar-refractivity contribution in [3.05, 3.63) is 82.8 Å². The standard InChI is InChI=1S/C26H26BrN3O4S/c1-17(2)15-33-23-13-12-19(27)14-21(23)25(32)28-26(35)30-29-24(31)16-34-22-11-7-6-10-20(22)18-8-4-3-5-9-18/h3-14,17H,15-16H2,1-2H3,(H,29,31)(H2,28,30,32,35). The predicted molar refractivity (Wildman–Crippen MR) is 143 cm³/mol. The van der Waals surface area contributed by atoms with Crippen LogP contribution in [0.25, 0.3) is 11.1 Å². The van der Waals surface area contributed by atoms with Gasteiger partial charge in [0.1, 0.15) is 11.5 Å². The van der Waals surface area contributed by atoms with Crippen LogP contribution in [-0.4, -0.2) is 30.1 Å². The monoisotopic (exact) mass is 555 g/mol. The number of thiocarbonyl (C=S) groups is 1. The molecule has 0 heterocycles. The van der Waals surface area contributed by atoms with Gasteiger partial charge in [0.15, 0.2) is 11.7 Å². The molecule has 0 radical (unpaired) electrons. The largest absolute Gasteiger partial charge is 0.492 e. The molecule has 0 saturated heterocycles. The Balaban J connectivity index is 1.52. The van der Waals surface area contributed by atoms with Gasteiger partial charge in [0.25, 0.3) is 11.8 Å². The van der Waals surface area contributed by atoms with Crippen molar-refractivity contribution in [2.24, 2.45) is 5.92 Å². The number of amides is 2. The summed E-state index contributed by atoms with van der Waals surface area (Å²) in [6.45, 7) is 4.26. The van der Waals surface area contributed by atoms with E-state index in [1.165, 1.54) is 0 Å². The van der Waals surface area contributed by atoms with E-state index in [2.05, 4.69) is 32.1 Å². The van der Waals surface area contributed by atoms with Crippen LogP contribution in [0.4, 0.5) is 0 Å². The summed E-state index contributed by atoms with van der Waals surface area (Å²) in [6.07, 6.45) is 0. The van der Waals surface area contributed by atoms with Crippen molar-refractivity contribution in [2.45, 2.75) is 13.8 Å². The maximum atomic E-state index is 12.7. The van der Waals surface area contributed by atoms with E-state index >= 15 is 0 Å². The van der Waals surface area contributed by atoms with Gasteiger partial charge in [0.2, 0.25) is 0 Å². The van der Waals surface area contributed by atoms with Gasteiger partial charge >= 0.3 is 0 Å². The van der Waals surface area contributed by atoms with E-state index in [4.69, 9.17) is 21.7 Å². The molecule has 0 aliphatic rings. The summed E-state index contributed by atoms with van der Waals surface area (Å²) < 4.78 is 12.2. The molecule has 9 heteroatoms. The number of nitrogens with one attached hydrogen (secondary N) is 3. The third kappa shape index (κ3) is 8.08. The minimum atomic E-state index is -0.468. The van der Waals surface area contributed by atoms with Gasteiger partial charge in [0, 0.05) is 10.0 Å². The number of carbonyl (C=O) groups is 2. The Kier molecular flexibility index (Phi) is 9.63. The second-order valence-electron chi connectivity index (χ2n) is 7.95. The molecule has 0 aliphatic carbocycles. The first-order chi connectivity index (χ1) is 16.8. The highest BCUT2D eigenvalue weighted by atomic mass is 79.9. The number of rotatable bonds is 8. The average molecular weight is 556 g/mol. The predicted octanol–water partition coefficient (Wildman–Crippen LogP) is 4.87. The maximum Gasteiger partial charge on any atom is 0.276 e. The van der Waals surface area contributed by atoms with Crippen LogP contribution in [0.1, 0.15) is 24.2 Å². The highest BCUT2D eigenvalue weighted by Crippen LogP contribution is 2.29. The Morgan fingerprint density at radius 3 is 2.37 bits per heavy atom. The molecule has 3 aromatic rings. The molecule has 7 nitrogen and oxygen atoms in total. The number of benzene rings is 3. The average Bonchev–Trinajstić information content (AvgIpc) is 2.86. The fourth-order valence-electron chi connectivity index (χ4n) is 3.02. The molecule has 0 saturated carbocycles. The van der Waals surface area contributed by atoms with Crippen LogP contribution in [-0.2, 0) is 4.79 Å². The summed E-state index contributed by atoms with van der Waals surface area (Å²) >= 11 is 8.50. The van der Waals surface area contributed by atoms with Crippen molar-refractivity contribution in [1.29, 1.82) is 0 Å². The Bertz CT molecular complexity index is 1190. The summed E-state index contributed by atoms with van der Waals surface area (Å²) in [6, 6.07) is 22.4. The SMILES string of the molecule is CC(C)COc1ccc(Br)cc1C(=O)NC(=S)NNC(=O)COc1ccccc1-c1ccccc1. The molecule has 3 N–H and O–H groups in total. The van der Waals surface area contributed by atoms with Gasteiger partial charge in [-0.3, -0.25) is 25.8 Å². The highest BCUT2D eigenvalue weighted by molar-refractivity contribution is 9.10. The summed E-state index contributed by atoms with van der Waals surface area (Å²) in [5, 5.41) is 2.47. The highest BCUT2D eigenvalue weighted by Gasteiger charge is 2.16. The van der Waals surface area contributed by atoms with Gasteiger partial charge in [-0.1, -0.05) is 78.3 Å². The van der Waals surface area contributed by atoms with E-state index in [-0.39, 0.29) is 11.7 Å². The van der Waals surface area contributed by atoms with Crippen LogP contribution < -0.4 is 25.6 Å². The van der Waals surface area contributed by atoms with Crippen molar-refractivity contribution in [3.63, 3.8) is 0 Å². The Morgan fingerprint density at radius 1 is 0.914 bits per heavy atom. The minimum absolute atomic E-state index is 0.0668. The summed E-state index contributed by atoms with van der Waals surface area (Å²) in [4.78, 5) is 25.0. The first-order valence-electron chi connectivity index (χ1n) is 10.9. The second kappa shape index (κ2) is 12.9. The number of halogens is 1. The molecular weight excluding hydrogens is 530 g/mol. The molecule has 3 rings (SSSR count). The molecule has 0 aromatic heterocycles. The zero-order valence-corrected chi connectivity index (χ0v) is 21.7. The molecule has 0 bridgehead atoms. The van der Waals surface area contributed by atoms with Crippen LogP contribution in [0.5, 0.6) is 11.5 Å². The van der Waals surface area contributed by atoms with Gasteiger partial charge in [-0.25, -0.2) is 0 Å². The lowest BCUT2D eigenvalue weighted by molar-refractivity contribution is -0.123. The van der Waals surface area contributed by atoms with Crippen LogP contribution in [0.2, 0.25) is 0 Å². The molecule has 35 heavy (non-hydrogen) atoms. The quantitative estimate of drug-likeness (QED) is 0.271. The number of hydrazine groups is 1. The number of hydrogen-bond acceptors (Lipinski definition) is 5. The van der Waals surface area contributed by atoms with Gasteiger partial charge in [-0.2, -0.15) is 0 Å². The zero-order valence-electron chi connectivity index (χ0n) is 19.3. The fourth-order valence-corrected chi connectivity index (χ4v) is 3.52. The molecule has 3 aromatic carbocycles. The van der Waals surface area contributed by atoms with E-state index < -0.39 is 11.8 Å². The van der Waals surface area contributed by atoms with Gasteiger partial charge < -0.3 is 9.47 Å². The summed E-state index contributed by atoms with van der Waals surface area (Å²) in [5.41, 5.74) is 7.12. The normalized spacial score (nSPS) is 10.4. The molecule has 2 amide bonds. The molecule has 182 valence electrons. The first kappa shape index (κ1) is 26.2. The fraction of sp³-hybridized carbons (Fsp3) is 0.192. The Morgan fingerprint density at radius 2 is 1.63 bits per heavy atom. The summed E-state index contributed by atoms with van der Waals surface area (Å²) in [7, 11) is 0. The lowest BCUT2D eigenvalue weighted by atomic mass is 10.1. The third-order valence-corrected chi connectivity index (χ3v) is 5.33. The zero-order chi connectivity index (χ0) is 25.2. The number of para-hydroxylation sites is 1. The van der Waals surface area contributed by atoms with Crippen molar-refractivity contribution in [2.75, 3.05) is 13.2 Å². The van der Waals surface area contributed by atoms with Crippen LogP contribution in [0.3, 0.4) is 0 Å². The molecule has 0 atom stereocenters. The van der Waals surface area contributed by atoms with Crippen LogP contribution in [0, 0.1) is 5.92 Å². The van der Waals surface area contributed by atoms with E-state index in [1.54, 1.807) is 24.3 Å². The molecule has 0 unspecified atom stereocenters. The van der Waals surface area contributed by atoms with Crippen molar-refractivity contribution in [1.82, 2.24) is 16.2 Å². The van der Waals surface area contributed by atoms with E-state index in [1.807, 2.05) is 62.4 Å². The molecule has 0 fully saturated rings. The van der Waals surface area contributed by atoms with Crippen LogP contribution >= 0.6 is 28.1 Å². The number of ether oxygens (including phenoxy) is 2. The Labute approximate surface area is 218 Å². The van der Waals surface area contributed by atoms with E-state index in [0.29, 0.717) is 29.6 Å². The second-order valence-corrected chi connectivity index (χ2v) is 9.28. The van der Waals surface area contributed by atoms with E-state index in [9.17, 15) is 9.59 Å². The van der Waals surface area contributed by atoms with Crippen molar-refractivity contribution >= 4 is 45.1 Å². The van der Waals surface area contributed by atoms with Crippen molar-refractivity contribution < 1.29 is 19.1 Å². The van der Waals surface area contributed by atoms with Crippen LogP contribution in [0.15, 0.2) is 77.3 Å².